The molecule has 1 rings (SSSR count). The molecule has 0 spiro atoms. The Morgan fingerprint density at radius 3 is 2.26 bits per heavy atom. The lowest BCUT2D eigenvalue weighted by molar-refractivity contribution is -0.146. The van der Waals surface area contributed by atoms with E-state index >= 15 is 0 Å². The summed E-state index contributed by atoms with van der Waals surface area (Å²) in [6, 6.07) is 7.82. The fourth-order valence-electron chi connectivity index (χ4n) is 1.52. The van der Waals surface area contributed by atoms with Crippen molar-refractivity contribution in [1.29, 1.82) is 0 Å². The van der Waals surface area contributed by atoms with Crippen LogP contribution in [-0.2, 0) is 14.3 Å². The highest BCUT2D eigenvalue weighted by Gasteiger charge is 2.06. The van der Waals surface area contributed by atoms with Crippen molar-refractivity contribution in [3.63, 3.8) is 0 Å². The molecule has 0 saturated heterocycles. The summed E-state index contributed by atoms with van der Waals surface area (Å²) in [5, 5.41) is 0. The Balaban J connectivity index is 2.26. The monoisotopic (exact) mass is 264 g/mol. The number of carbonyl (C=O) groups excluding carboxylic acids is 2. The van der Waals surface area contributed by atoms with Crippen LogP contribution < -0.4 is 4.74 Å². The zero-order chi connectivity index (χ0) is 14.3. The molecule has 0 saturated carbocycles. The van der Waals surface area contributed by atoms with Gasteiger partial charge in [-0.1, -0.05) is 26.0 Å². The lowest BCUT2D eigenvalue weighted by Crippen LogP contribution is -2.14. The molecule has 0 bridgehead atoms. The molecule has 0 fully saturated rings. The molecule has 0 aliphatic rings. The standard InChI is InChI=1S/C15H20O4/c1-11(2)13-4-6-14(7-5-13)18-8-9-19-15(17)10-12(3)16/h4-7,11H,8-10H2,1-3H3. The summed E-state index contributed by atoms with van der Waals surface area (Å²) in [5.41, 5.74) is 1.25. The van der Waals surface area contributed by atoms with Gasteiger partial charge < -0.3 is 9.47 Å². The van der Waals surface area contributed by atoms with E-state index < -0.39 is 5.97 Å². The number of esters is 1. The van der Waals surface area contributed by atoms with Crippen LogP contribution in [0.1, 0.15) is 38.7 Å². The first kappa shape index (κ1) is 15.2. The molecule has 0 atom stereocenters. The van der Waals surface area contributed by atoms with Gasteiger partial charge in [0, 0.05) is 0 Å². The number of benzene rings is 1. The van der Waals surface area contributed by atoms with Gasteiger partial charge in [0.2, 0.25) is 0 Å². The zero-order valence-corrected chi connectivity index (χ0v) is 11.6. The Bertz CT molecular complexity index is 420. The number of rotatable bonds is 7. The average molecular weight is 264 g/mol. The molecule has 19 heavy (non-hydrogen) atoms. The van der Waals surface area contributed by atoms with E-state index in [1.54, 1.807) is 0 Å². The summed E-state index contributed by atoms with van der Waals surface area (Å²) >= 11 is 0. The van der Waals surface area contributed by atoms with Crippen LogP contribution >= 0.6 is 0 Å². The van der Waals surface area contributed by atoms with Gasteiger partial charge in [0.15, 0.2) is 0 Å². The van der Waals surface area contributed by atoms with E-state index in [0.717, 1.165) is 5.75 Å². The van der Waals surface area contributed by atoms with Gasteiger partial charge in [-0.3, -0.25) is 9.59 Å². The number of hydrogen-bond donors (Lipinski definition) is 0. The SMILES string of the molecule is CC(=O)CC(=O)OCCOc1ccc(C(C)C)cc1. The summed E-state index contributed by atoms with van der Waals surface area (Å²) in [7, 11) is 0. The number of Topliss-reactive ketones (excluding diaryl/α,β-unsaturated/α-hetero) is 1. The predicted molar refractivity (Wildman–Crippen MR) is 72.3 cm³/mol. The molecule has 0 amide bonds. The van der Waals surface area contributed by atoms with Crippen LogP contribution in [0.25, 0.3) is 0 Å². The maximum Gasteiger partial charge on any atom is 0.313 e. The summed E-state index contributed by atoms with van der Waals surface area (Å²) < 4.78 is 10.3. The van der Waals surface area contributed by atoms with Crippen molar-refractivity contribution in [3.8, 4) is 5.75 Å². The summed E-state index contributed by atoms with van der Waals surface area (Å²) in [6.45, 7) is 6.05. The Kier molecular flexibility index (Phi) is 6.06. The first-order chi connectivity index (χ1) is 8.99. The van der Waals surface area contributed by atoms with E-state index in [2.05, 4.69) is 13.8 Å². The van der Waals surface area contributed by atoms with E-state index in [4.69, 9.17) is 9.47 Å². The number of ether oxygens (including phenoxy) is 2. The molecule has 104 valence electrons. The van der Waals surface area contributed by atoms with Crippen LogP contribution in [0.5, 0.6) is 5.75 Å². The molecular weight excluding hydrogens is 244 g/mol. The van der Waals surface area contributed by atoms with Gasteiger partial charge in [-0.05, 0) is 30.5 Å². The van der Waals surface area contributed by atoms with Crippen molar-refractivity contribution in [3.05, 3.63) is 29.8 Å². The van der Waals surface area contributed by atoms with Crippen LogP contribution in [0, 0.1) is 0 Å². The second-order valence-electron chi connectivity index (χ2n) is 4.67. The summed E-state index contributed by atoms with van der Waals surface area (Å²) in [4.78, 5) is 21.7. The van der Waals surface area contributed by atoms with Gasteiger partial charge >= 0.3 is 5.97 Å². The van der Waals surface area contributed by atoms with E-state index in [0.29, 0.717) is 5.92 Å². The van der Waals surface area contributed by atoms with Gasteiger partial charge in [0.05, 0.1) is 0 Å². The highest BCUT2D eigenvalue weighted by Crippen LogP contribution is 2.18. The molecule has 0 heterocycles. The average Bonchev–Trinajstić information content (AvgIpc) is 2.34. The predicted octanol–water partition coefficient (Wildman–Crippen LogP) is 2.71. The summed E-state index contributed by atoms with van der Waals surface area (Å²) in [6.07, 6.45) is -0.177. The lowest BCUT2D eigenvalue weighted by atomic mass is 10.0. The molecule has 0 aliphatic carbocycles. The highest BCUT2D eigenvalue weighted by atomic mass is 16.6. The molecule has 4 nitrogen and oxygen atoms in total. The van der Waals surface area contributed by atoms with Crippen LogP contribution in [0.4, 0.5) is 0 Å². The van der Waals surface area contributed by atoms with E-state index in [-0.39, 0.29) is 25.4 Å². The fraction of sp³-hybridized carbons (Fsp3) is 0.467. The Labute approximate surface area is 113 Å². The first-order valence-electron chi connectivity index (χ1n) is 6.37. The van der Waals surface area contributed by atoms with Crippen molar-refractivity contribution in [2.24, 2.45) is 0 Å². The molecule has 0 unspecified atom stereocenters. The second-order valence-corrected chi connectivity index (χ2v) is 4.67. The van der Waals surface area contributed by atoms with Crippen molar-refractivity contribution in [1.82, 2.24) is 0 Å². The van der Waals surface area contributed by atoms with Crippen LogP contribution in [0.2, 0.25) is 0 Å². The molecule has 0 aromatic heterocycles. The zero-order valence-electron chi connectivity index (χ0n) is 11.6. The number of hydrogen-bond acceptors (Lipinski definition) is 4. The van der Waals surface area contributed by atoms with Crippen molar-refractivity contribution in [2.45, 2.75) is 33.1 Å². The van der Waals surface area contributed by atoms with E-state index in [1.165, 1.54) is 12.5 Å². The number of ketones is 1. The third-order valence-electron chi connectivity index (χ3n) is 2.56. The third kappa shape index (κ3) is 6.04. The van der Waals surface area contributed by atoms with Crippen molar-refractivity contribution >= 4 is 11.8 Å². The lowest BCUT2D eigenvalue weighted by Gasteiger charge is -2.09. The van der Waals surface area contributed by atoms with Gasteiger partial charge in [-0.15, -0.1) is 0 Å². The molecule has 0 radical (unpaired) electrons. The Morgan fingerprint density at radius 2 is 1.74 bits per heavy atom. The molecule has 1 aromatic carbocycles. The minimum absolute atomic E-state index is 0.151. The maximum atomic E-state index is 11.1. The maximum absolute atomic E-state index is 11.1. The molecule has 0 aliphatic heterocycles. The largest absolute Gasteiger partial charge is 0.490 e. The Morgan fingerprint density at radius 1 is 1.11 bits per heavy atom. The number of carbonyl (C=O) groups is 2. The van der Waals surface area contributed by atoms with Crippen molar-refractivity contribution < 1.29 is 19.1 Å². The molecule has 1 aromatic rings. The minimum atomic E-state index is -0.508. The topological polar surface area (TPSA) is 52.6 Å². The van der Waals surface area contributed by atoms with Crippen molar-refractivity contribution in [2.75, 3.05) is 13.2 Å². The van der Waals surface area contributed by atoms with E-state index in [9.17, 15) is 9.59 Å². The minimum Gasteiger partial charge on any atom is -0.490 e. The molecule has 0 N–H and O–H groups in total. The third-order valence-corrected chi connectivity index (χ3v) is 2.56. The summed E-state index contributed by atoms with van der Waals surface area (Å²) in [5.74, 6) is 0.523. The van der Waals surface area contributed by atoms with Gasteiger partial charge in [0.25, 0.3) is 0 Å². The Hall–Kier alpha value is -1.84. The molecule has 4 heteroatoms. The quantitative estimate of drug-likeness (QED) is 0.431. The van der Waals surface area contributed by atoms with Gasteiger partial charge in [-0.2, -0.15) is 0 Å². The van der Waals surface area contributed by atoms with Crippen LogP contribution in [0.3, 0.4) is 0 Å². The first-order valence-corrected chi connectivity index (χ1v) is 6.37. The smallest absolute Gasteiger partial charge is 0.313 e. The van der Waals surface area contributed by atoms with E-state index in [1.807, 2.05) is 24.3 Å². The van der Waals surface area contributed by atoms with Gasteiger partial charge in [-0.25, -0.2) is 0 Å². The fourth-order valence-corrected chi connectivity index (χ4v) is 1.52. The van der Waals surface area contributed by atoms with Crippen LogP contribution in [-0.4, -0.2) is 25.0 Å². The normalized spacial score (nSPS) is 10.3. The van der Waals surface area contributed by atoms with Gasteiger partial charge in [0.1, 0.15) is 31.2 Å². The molecular formula is C15H20O4. The van der Waals surface area contributed by atoms with Crippen LogP contribution in [0.15, 0.2) is 24.3 Å². The second kappa shape index (κ2) is 7.56. The highest BCUT2D eigenvalue weighted by molar-refractivity contribution is 5.94.